The Morgan fingerprint density at radius 1 is 1.05 bits per heavy atom. The molecule has 0 bridgehead atoms. The minimum Gasteiger partial charge on any atom is -0.355 e. The molecule has 1 fully saturated rings. The van der Waals surface area contributed by atoms with Crippen molar-refractivity contribution in [2.45, 2.75) is 31.2 Å². The van der Waals surface area contributed by atoms with Gasteiger partial charge in [-0.1, -0.05) is 36.9 Å². The molecule has 0 saturated carbocycles. The normalized spacial score (nSPS) is 14.2. The van der Waals surface area contributed by atoms with Crippen LogP contribution in [0.25, 0.3) is 33.3 Å². The standard InChI is InChI=1S/C29H30N4O3S/c1-3-29(34)32-27-11-7-9-22(25(27)18-30)21-8-6-10-26-24(21)17-28(31-26)23-16-20(13-12-19(23)2)37(35,36)33-14-4-5-15-33/h3,6-13,16-17,31H,1,4-5,14-15,18,30H2,2H3,(H,32,34). The number of aryl methyl sites for hydroxylation is 1. The van der Waals surface area contributed by atoms with Gasteiger partial charge in [-0.2, -0.15) is 4.31 Å². The molecule has 5 rings (SSSR count). The highest BCUT2D eigenvalue weighted by molar-refractivity contribution is 7.89. The number of amides is 1. The second-order valence-corrected chi connectivity index (χ2v) is 11.2. The van der Waals surface area contributed by atoms with Crippen LogP contribution in [0.4, 0.5) is 5.69 Å². The molecule has 0 atom stereocenters. The molecule has 1 aliphatic heterocycles. The Kier molecular flexibility index (Phi) is 6.72. The van der Waals surface area contributed by atoms with Crippen LogP contribution in [0.2, 0.25) is 0 Å². The van der Waals surface area contributed by atoms with Crippen molar-refractivity contribution >= 4 is 32.5 Å². The van der Waals surface area contributed by atoms with Crippen LogP contribution < -0.4 is 11.1 Å². The van der Waals surface area contributed by atoms with Crippen LogP contribution in [0.5, 0.6) is 0 Å². The zero-order valence-electron chi connectivity index (χ0n) is 20.8. The first-order valence-corrected chi connectivity index (χ1v) is 13.8. The number of nitrogens with zero attached hydrogens (tertiary/aromatic N) is 1. The Morgan fingerprint density at radius 3 is 2.51 bits per heavy atom. The number of aromatic amines is 1. The lowest BCUT2D eigenvalue weighted by Gasteiger charge is -2.16. The molecule has 0 radical (unpaired) electrons. The summed E-state index contributed by atoms with van der Waals surface area (Å²) in [5.74, 6) is -0.298. The lowest BCUT2D eigenvalue weighted by atomic mass is 9.95. The van der Waals surface area contributed by atoms with Crippen molar-refractivity contribution in [3.63, 3.8) is 0 Å². The van der Waals surface area contributed by atoms with Gasteiger partial charge < -0.3 is 16.0 Å². The minimum absolute atomic E-state index is 0.242. The van der Waals surface area contributed by atoms with Crippen molar-refractivity contribution in [2.24, 2.45) is 5.73 Å². The highest BCUT2D eigenvalue weighted by Gasteiger charge is 2.28. The summed E-state index contributed by atoms with van der Waals surface area (Å²) < 4.78 is 28.0. The molecule has 1 aliphatic rings. The SMILES string of the molecule is C=CC(=O)Nc1cccc(-c2cccc3[nH]c(-c4cc(S(=O)(=O)N5CCCC5)ccc4C)cc23)c1CN. The lowest BCUT2D eigenvalue weighted by Crippen LogP contribution is -2.27. The number of hydrogen-bond donors (Lipinski definition) is 3. The maximum absolute atomic E-state index is 13.2. The van der Waals surface area contributed by atoms with Crippen molar-refractivity contribution < 1.29 is 13.2 Å². The van der Waals surface area contributed by atoms with E-state index in [0.29, 0.717) is 23.7 Å². The summed E-state index contributed by atoms with van der Waals surface area (Å²) in [7, 11) is -3.53. The Labute approximate surface area is 217 Å². The summed E-state index contributed by atoms with van der Waals surface area (Å²) in [6.07, 6.45) is 3.02. The molecule has 37 heavy (non-hydrogen) atoms. The number of carbonyl (C=O) groups is 1. The molecular formula is C29H30N4O3S. The number of sulfonamides is 1. The van der Waals surface area contributed by atoms with Gasteiger partial charge in [-0.3, -0.25) is 4.79 Å². The second kappa shape index (κ2) is 9.97. The Bertz CT molecular complexity index is 1620. The van der Waals surface area contributed by atoms with E-state index in [1.807, 2.05) is 49.4 Å². The fourth-order valence-corrected chi connectivity index (χ4v) is 6.57. The monoisotopic (exact) mass is 514 g/mol. The Morgan fingerprint density at radius 2 is 1.78 bits per heavy atom. The van der Waals surface area contributed by atoms with Gasteiger partial charge in [0.15, 0.2) is 0 Å². The van der Waals surface area contributed by atoms with Gasteiger partial charge in [-0.05, 0) is 78.4 Å². The zero-order valence-corrected chi connectivity index (χ0v) is 21.6. The quantitative estimate of drug-likeness (QED) is 0.295. The summed E-state index contributed by atoms with van der Waals surface area (Å²) in [6.45, 7) is 6.88. The molecule has 4 N–H and O–H groups in total. The predicted molar refractivity (Wildman–Crippen MR) is 149 cm³/mol. The van der Waals surface area contributed by atoms with E-state index in [-0.39, 0.29) is 12.5 Å². The van der Waals surface area contributed by atoms with E-state index >= 15 is 0 Å². The molecule has 2 heterocycles. The van der Waals surface area contributed by atoms with Crippen LogP contribution in [0.15, 0.2) is 78.2 Å². The van der Waals surface area contributed by atoms with Crippen molar-refractivity contribution in [3.05, 3.63) is 84.4 Å². The summed E-state index contributed by atoms with van der Waals surface area (Å²) in [4.78, 5) is 15.8. The lowest BCUT2D eigenvalue weighted by molar-refractivity contribution is -0.111. The predicted octanol–water partition coefficient (Wildman–Crippen LogP) is 5.18. The van der Waals surface area contributed by atoms with Gasteiger partial charge in [0.05, 0.1) is 4.90 Å². The molecule has 4 aromatic rings. The van der Waals surface area contributed by atoms with E-state index in [4.69, 9.17) is 5.73 Å². The van der Waals surface area contributed by atoms with Crippen molar-refractivity contribution in [2.75, 3.05) is 18.4 Å². The van der Waals surface area contributed by atoms with Crippen LogP contribution in [0, 0.1) is 6.92 Å². The number of hydrogen-bond acceptors (Lipinski definition) is 4. The number of fused-ring (bicyclic) bond motifs is 1. The van der Waals surface area contributed by atoms with E-state index in [9.17, 15) is 13.2 Å². The van der Waals surface area contributed by atoms with Gasteiger partial charge in [-0.25, -0.2) is 8.42 Å². The van der Waals surface area contributed by atoms with Gasteiger partial charge in [0, 0.05) is 47.5 Å². The molecule has 3 aromatic carbocycles. The summed E-state index contributed by atoms with van der Waals surface area (Å²) >= 11 is 0. The molecule has 1 aromatic heterocycles. The fraction of sp³-hybridized carbons (Fsp3) is 0.207. The van der Waals surface area contributed by atoms with Gasteiger partial charge in [-0.15, -0.1) is 0 Å². The number of nitrogens with two attached hydrogens (primary N) is 1. The first kappa shape index (κ1) is 25.0. The van der Waals surface area contributed by atoms with E-state index in [1.165, 1.54) is 6.08 Å². The molecule has 0 aliphatic carbocycles. The van der Waals surface area contributed by atoms with Gasteiger partial charge in [0.2, 0.25) is 15.9 Å². The van der Waals surface area contributed by atoms with Crippen molar-refractivity contribution in [3.8, 4) is 22.4 Å². The Balaban J connectivity index is 1.62. The number of nitrogens with one attached hydrogen (secondary N) is 2. The van der Waals surface area contributed by atoms with E-state index in [2.05, 4.69) is 22.9 Å². The van der Waals surface area contributed by atoms with Gasteiger partial charge in [0.25, 0.3) is 0 Å². The molecule has 0 unspecified atom stereocenters. The molecule has 1 saturated heterocycles. The largest absolute Gasteiger partial charge is 0.355 e. The number of aromatic nitrogens is 1. The topological polar surface area (TPSA) is 108 Å². The zero-order chi connectivity index (χ0) is 26.2. The Hall–Kier alpha value is -3.72. The highest BCUT2D eigenvalue weighted by Crippen LogP contribution is 2.37. The van der Waals surface area contributed by atoms with Crippen molar-refractivity contribution in [1.82, 2.24) is 9.29 Å². The van der Waals surface area contributed by atoms with Crippen LogP contribution in [0.1, 0.15) is 24.0 Å². The number of carbonyl (C=O) groups excluding carboxylic acids is 1. The third-order valence-electron chi connectivity index (χ3n) is 6.98. The van der Waals surface area contributed by atoms with Gasteiger partial charge >= 0.3 is 0 Å². The number of anilines is 1. The molecule has 8 heteroatoms. The summed E-state index contributed by atoms with van der Waals surface area (Å²) in [6, 6.07) is 19.1. The smallest absolute Gasteiger partial charge is 0.247 e. The second-order valence-electron chi connectivity index (χ2n) is 9.27. The third kappa shape index (κ3) is 4.59. The van der Waals surface area contributed by atoms with Gasteiger partial charge in [0.1, 0.15) is 0 Å². The molecule has 190 valence electrons. The average Bonchev–Trinajstić information content (AvgIpc) is 3.59. The van der Waals surface area contributed by atoms with Crippen LogP contribution >= 0.6 is 0 Å². The molecule has 1 amide bonds. The first-order chi connectivity index (χ1) is 17.8. The van der Waals surface area contributed by atoms with E-state index < -0.39 is 10.0 Å². The van der Waals surface area contributed by atoms with Crippen molar-refractivity contribution in [1.29, 1.82) is 0 Å². The summed E-state index contributed by atoms with van der Waals surface area (Å²) in [5, 5.41) is 3.82. The first-order valence-electron chi connectivity index (χ1n) is 12.3. The number of benzene rings is 3. The summed E-state index contributed by atoms with van der Waals surface area (Å²) in [5.41, 5.74) is 13.1. The number of H-pyrrole nitrogens is 1. The average molecular weight is 515 g/mol. The molecule has 7 nitrogen and oxygen atoms in total. The van der Waals surface area contributed by atoms with E-state index in [1.54, 1.807) is 16.4 Å². The van der Waals surface area contributed by atoms with E-state index in [0.717, 1.165) is 57.3 Å². The minimum atomic E-state index is -3.53. The maximum Gasteiger partial charge on any atom is 0.247 e. The van der Waals surface area contributed by atoms with Crippen LogP contribution in [-0.2, 0) is 21.4 Å². The van der Waals surface area contributed by atoms with Crippen LogP contribution in [-0.4, -0.2) is 36.7 Å². The fourth-order valence-electron chi connectivity index (χ4n) is 5.02. The highest BCUT2D eigenvalue weighted by atomic mass is 32.2. The third-order valence-corrected chi connectivity index (χ3v) is 8.87. The maximum atomic E-state index is 13.2. The number of rotatable bonds is 7. The molecule has 0 spiro atoms. The molecular weight excluding hydrogens is 484 g/mol. The van der Waals surface area contributed by atoms with Crippen LogP contribution in [0.3, 0.4) is 0 Å².